The van der Waals surface area contributed by atoms with Gasteiger partial charge in [-0.2, -0.15) is 0 Å². The lowest BCUT2D eigenvalue weighted by atomic mass is 10.2. The number of halogens is 1. The molecule has 114 valence electrons. The third-order valence-electron chi connectivity index (χ3n) is 3.05. The Balaban J connectivity index is 2.72. The van der Waals surface area contributed by atoms with Gasteiger partial charge in [0.2, 0.25) is 10.0 Å². The number of nitrogens with zero attached hydrogens (tertiary/aromatic N) is 2. The minimum atomic E-state index is -3.60. The third kappa shape index (κ3) is 4.85. The molecule has 0 aliphatic heterocycles. The minimum Gasteiger partial charge on any atom is -0.309 e. The van der Waals surface area contributed by atoms with Crippen LogP contribution in [0.1, 0.15) is 18.4 Å². The normalized spacial score (nSPS) is 12.3. The molecule has 0 radical (unpaired) electrons. The maximum Gasteiger partial charge on any atom is 0.242 e. The summed E-state index contributed by atoms with van der Waals surface area (Å²) in [6.07, 6.45) is 1.71. The van der Waals surface area contributed by atoms with Crippen LogP contribution in [-0.2, 0) is 10.0 Å². The van der Waals surface area contributed by atoms with E-state index in [-0.39, 0.29) is 4.90 Å². The average Bonchev–Trinajstić information content (AvgIpc) is 2.32. The van der Waals surface area contributed by atoms with E-state index in [1.54, 1.807) is 6.92 Å². The van der Waals surface area contributed by atoms with Gasteiger partial charge in [-0.05, 0) is 64.2 Å². The highest BCUT2D eigenvalue weighted by atomic mass is 32.2. The number of benzene rings is 1. The Bertz CT molecular complexity index is 524. The number of hydrogen-bond acceptors (Lipinski definition) is 3. The first kappa shape index (κ1) is 17.1. The quantitative estimate of drug-likeness (QED) is 0.724. The third-order valence-corrected chi connectivity index (χ3v) is 4.89. The maximum absolute atomic E-state index is 13.3. The van der Waals surface area contributed by atoms with Crippen molar-refractivity contribution in [2.75, 3.05) is 34.2 Å². The van der Waals surface area contributed by atoms with Gasteiger partial charge in [-0.25, -0.2) is 17.1 Å². The summed E-state index contributed by atoms with van der Waals surface area (Å²) in [5.41, 5.74) is 0.601. The fourth-order valence-corrected chi connectivity index (χ4v) is 3.24. The molecule has 0 saturated heterocycles. The zero-order valence-electron chi connectivity index (χ0n) is 12.6. The minimum absolute atomic E-state index is 0.0186. The zero-order chi connectivity index (χ0) is 15.3. The van der Waals surface area contributed by atoms with Crippen LogP contribution in [0, 0.1) is 12.7 Å². The molecule has 1 aromatic rings. The molecule has 0 amide bonds. The van der Waals surface area contributed by atoms with Gasteiger partial charge in [0.05, 0.1) is 4.90 Å². The van der Waals surface area contributed by atoms with E-state index in [1.165, 1.54) is 23.5 Å². The highest BCUT2D eigenvalue weighted by molar-refractivity contribution is 7.89. The summed E-state index contributed by atoms with van der Waals surface area (Å²) in [4.78, 5) is 2.08. The molecule has 0 heterocycles. The van der Waals surface area contributed by atoms with Crippen molar-refractivity contribution in [1.82, 2.24) is 9.21 Å². The van der Waals surface area contributed by atoms with Crippen molar-refractivity contribution in [2.45, 2.75) is 24.7 Å². The van der Waals surface area contributed by atoms with E-state index in [1.807, 2.05) is 14.1 Å². The summed E-state index contributed by atoms with van der Waals surface area (Å²) in [5, 5.41) is 0. The lowest BCUT2D eigenvalue weighted by molar-refractivity contribution is 0.378. The standard InChI is InChI=1S/C14H23FN2O2S/c1-12-9-13(15)11-14(10-12)20(18,19)17(4)8-6-5-7-16(2)3/h9-11H,5-8H2,1-4H3. The summed E-state index contributed by atoms with van der Waals surface area (Å²) in [6, 6.07) is 3.88. The first-order chi connectivity index (χ1) is 9.23. The van der Waals surface area contributed by atoms with E-state index in [9.17, 15) is 12.8 Å². The molecule has 0 saturated carbocycles. The van der Waals surface area contributed by atoms with Crippen molar-refractivity contribution in [3.8, 4) is 0 Å². The molecule has 0 fully saturated rings. The highest BCUT2D eigenvalue weighted by Crippen LogP contribution is 2.18. The number of aryl methyl sites for hydroxylation is 1. The van der Waals surface area contributed by atoms with Crippen LogP contribution >= 0.6 is 0 Å². The summed E-state index contributed by atoms with van der Waals surface area (Å²) < 4.78 is 39.2. The van der Waals surface area contributed by atoms with Crippen LogP contribution in [0.2, 0.25) is 0 Å². The summed E-state index contributed by atoms with van der Waals surface area (Å²) in [7, 11) is 1.89. The SMILES string of the molecule is Cc1cc(F)cc(S(=O)(=O)N(C)CCCCN(C)C)c1. The second-order valence-electron chi connectivity index (χ2n) is 5.30. The van der Waals surface area contributed by atoms with E-state index in [2.05, 4.69) is 4.90 Å². The molecule has 0 bridgehead atoms. The Morgan fingerprint density at radius 1 is 1.05 bits per heavy atom. The first-order valence-corrected chi connectivity index (χ1v) is 8.06. The van der Waals surface area contributed by atoms with Crippen LogP contribution in [0.5, 0.6) is 0 Å². The average molecular weight is 302 g/mol. The van der Waals surface area contributed by atoms with Gasteiger partial charge in [0, 0.05) is 13.6 Å². The van der Waals surface area contributed by atoms with Crippen LogP contribution in [0.15, 0.2) is 23.1 Å². The fourth-order valence-electron chi connectivity index (χ4n) is 1.91. The molecule has 1 rings (SSSR count). The summed E-state index contributed by atoms with van der Waals surface area (Å²) >= 11 is 0. The molecular weight excluding hydrogens is 279 g/mol. The van der Waals surface area contributed by atoms with Gasteiger partial charge in [-0.15, -0.1) is 0 Å². The van der Waals surface area contributed by atoms with E-state index >= 15 is 0 Å². The maximum atomic E-state index is 13.3. The zero-order valence-corrected chi connectivity index (χ0v) is 13.4. The Labute approximate surface area is 121 Å². The number of sulfonamides is 1. The largest absolute Gasteiger partial charge is 0.309 e. The molecule has 0 spiro atoms. The van der Waals surface area contributed by atoms with Crippen molar-refractivity contribution in [1.29, 1.82) is 0 Å². The predicted octanol–water partition coefficient (Wildman–Crippen LogP) is 2.10. The predicted molar refractivity (Wildman–Crippen MR) is 78.7 cm³/mol. The smallest absolute Gasteiger partial charge is 0.242 e. The lowest BCUT2D eigenvalue weighted by Gasteiger charge is -2.18. The molecule has 0 aliphatic rings. The summed E-state index contributed by atoms with van der Waals surface area (Å²) in [6.45, 7) is 3.04. The monoisotopic (exact) mass is 302 g/mol. The van der Waals surface area contributed by atoms with Gasteiger partial charge in [-0.3, -0.25) is 0 Å². The van der Waals surface area contributed by atoms with Gasteiger partial charge in [0.15, 0.2) is 0 Å². The van der Waals surface area contributed by atoms with E-state index in [0.29, 0.717) is 12.1 Å². The molecule has 0 N–H and O–H groups in total. The summed E-state index contributed by atoms with van der Waals surface area (Å²) in [5.74, 6) is -0.524. The van der Waals surface area contributed by atoms with Crippen molar-refractivity contribution < 1.29 is 12.8 Å². The second-order valence-corrected chi connectivity index (χ2v) is 7.35. The Morgan fingerprint density at radius 3 is 2.20 bits per heavy atom. The number of rotatable bonds is 7. The van der Waals surface area contributed by atoms with E-state index in [0.717, 1.165) is 25.5 Å². The first-order valence-electron chi connectivity index (χ1n) is 6.62. The Kier molecular flexibility index (Phi) is 6.10. The van der Waals surface area contributed by atoms with Crippen molar-refractivity contribution >= 4 is 10.0 Å². The van der Waals surface area contributed by atoms with Crippen molar-refractivity contribution in [3.63, 3.8) is 0 Å². The van der Waals surface area contributed by atoms with Gasteiger partial charge >= 0.3 is 0 Å². The molecule has 0 unspecified atom stereocenters. The number of hydrogen-bond donors (Lipinski definition) is 0. The van der Waals surface area contributed by atoms with Crippen molar-refractivity contribution in [2.24, 2.45) is 0 Å². The van der Waals surface area contributed by atoms with Crippen LogP contribution in [-0.4, -0.2) is 51.9 Å². The van der Waals surface area contributed by atoms with Gasteiger partial charge < -0.3 is 4.90 Å². The van der Waals surface area contributed by atoms with Crippen LogP contribution < -0.4 is 0 Å². The molecule has 0 aliphatic carbocycles. The van der Waals surface area contributed by atoms with Crippen LogP contribution in [0.4, 0.5) is 4.39 Å². The van der Waals surface area contributed by atoms with E-state index in [4.69, 9.17) is 0 Å². The van der Waals surface area contributed by atoms with Crippen LogP contribution in [0.25, 0.3) is 0 Å². The second kappa shape index (κ2) is 7.15. The van der Waals surface area contributed by atoms with E-state index < -0.39 is 15.8 Å². The lowest BCUT2D eigenvalue weighted by Crippen LogP contribution is -2.28. The Morgan fingerprint density at radius 2 is 1.65 bits per heavy atom. The molecule has 20 heavy (non-hydrogen) atoms. The molecule has 4 nitrogen and oxygen atoms in total. The number of unbranched alkanes of at least 4 members (excludes halogenated alkanes) is 1. The molecular formula is C14H23FN2O2S. The Hall–Kier alpha value is -0.980. The van der Waals surface area contributed by atoms with Crippen molar-refractivity contribution in [3.05, 3.63) is 29.6 Å². The van der Waals surface area contributed by atoms with Gasteiger partial charge in [0.1, 0.15) is 5.82 Å². The van der Waals surface area contributed by atoms with Gasteiger partial charge in [-0.1, -0.05) is 0 Å². The fraction of sp³-hybridized carbons (Fsp3) is 0.571. The van der Waals surface area contributed by atoms with Crippen LogP contribution in [0.3, 0.4) is 0 Å². The van der Waals surface area contributed by atoms with Gasteiger partial charge in [0.25, 0.3) is 0 Å². The molecule has 0 aromatic heterocycles. The topological polar surface area (TPSA) is 40.6 Å². The molecule has 6 heteroatoms. The molecule has 1 aromatic carbocycles. The molecule has 0 atom stereocenters. The highest BCUT2D eigenvalue weighted by Gasteiger charge is 2.21.